The maximum atomic E-state index is 13.1. The smallest absolute Gasteiger partial charge is 0.366 e. The fourth-order valence-electron chi connectivity index (χ4n) is 3.02. The molecule has 0 aliphatic heterocycles. The van der Waals surface area contributed by atoms with Gasteiger partial charge in [-0.25, -0.2) is 4.98 Å². The maximum absolute atomic E-state index is 13.1. The number of hydrogen-bond donors (Lipinski definition) is 2. The van der Waals surface area contributed by atoms with E-state index in [-0.39, 0.29) is 17.8 Å². The Hall–Kier alpha value is -2.31. The van der Waals surface area contributed by atoms with Crippen molar-refractivity contribution >= 4 is 11.8 Å². The number of benzene rings is 1. The number of nitrogens with zero attached hydrogens (tertiary/aromatic N) is 2. The zero-order valence-corrected chi connectivity index (χ0v) is 14.0. The number of aromatic nitrogens is 2. The van der Waals surface area contributed by atoms with E-state index >= 15 is 0 Å². The van der Waals surface area contributed by atoms with Gasteiger partial charge in [0.15, 0.2) is 5.69 Å². The van der Waals surface area contributed by atoms with Crippen LogP contribution in [0.25, 0.3) is 0 Å². The summed E-state index contributed by atoms with van der Waals surface area (Å²) in [5.41, 5.74) is 1.15. The van der Waals surface area contributed by atoms with Crippen molar-refractivity contribution in [3.8, 4) is 0 Å². The Morgan fingerprint density at radius 2 is 1.88 bits per heavy atom. The highest BCUT2D eigenvalue weighted by atomic mass is 19.4. The van der Waals surface area contributed by atoms with Gasteiger partial charge in [-0.15, -0.1) is 0 Å². The quantitative estimate of drug-likeness (QED) is 0.815. The Labute approximate surface area is 144 Å². The third-order valence-corrected chi connectivity index (χ3v) is 4.26. The lowest BCUT2D eigenvalue weighted by Crippen LogP contribution is -2.19. The molecule has 3 rings (SSSR count). The third kappa shape index (κ3) is 4.84. The van der Waals surface area contributed by atoms with Crippen molar-refractivity contribution in [3.63, 3.8) is 0 Å². The van der Waals surface area contributed by atoms with Crippen LogP contribution in [0.4, 0.5) is 24.9 Å². The van der Waals surface area contributed by atoms with E-state index in [2.05, 4.69) is 20.6 Å². The molecule has 4 nitrogen and oxygen atoms in total. The molecular formula is C18H21F3N4. The molecule has 0 atom stereocenters. The zero-order chi connectivity index (χ0) is 17.9. The number of rotatable bonds is 5. The second-order valence-corrected chi connectivity index (χ2v) is 6.43. The minimum Gasteiger partial charge on any atom is -0.366 e. The summed E-state index contributed by atoms with van der Waals surface area (Å²) in [4.78, 5) is 7.86. The predicted molar refractivity (Wildman–Crippen MR) is 91.4 cm³/mol. The van der Waals surface area contributed by atoms with Crippen LogP contribution in [-0.2, 0) is 12.7 Å². The normalized spacial score (nSPS) is 15.4. The lowest BCUT2D eigenvalue weighted by atomic mass is 10.1. The monoisotopic (exact) mass is 350 g/mol. The van der Waals surface area contributed by atoms with Crippen LogP contribution in [0.3, 0.4) is 0 Å². The summed E-state index contributed by atoms with van der Waals surface area (Å²) in [6.45, 7) is 2.37. The molecule has 25 heavy (non-hydrogen) atoms. The van der Waals surface area contributed by atoms with Gasteiger partial charge in [0.25, 0.3) is 0 Å². The standard InChI is InChI=1S/C18H21F3N4/c1-12-5-4-6-13(9-12)11-22-16-10-15(18(19,20)21)24-17(25-16)23-14-7-2-3-8-14/h4-6,9-10,14H,2-3,7-8,11H2,1H3,(H2,22,23,24,25). The summed E-state index contributed by atoms with van der Waals surface area (Å²) in [6.07, 6.45) is -0.476. The molecule has 0 radical (unpaired) electrons. The zero-order valence-electron chi connectivity index (χ0n) is 14.0. The van der Waals surface area contributed by atoms with E-state index in [1.54, 1.807) is 0 Å². The third-order valence-electron chi connectivity index (χ3n) is 4.26. The fraction of sp³-hybridized carbons (Fsp3) is 0.444. The van der Waals surface area contributed by atoms with Gasteiger partial charge in [0, 0.05) is 18.7 Å². The van der Waals surface area contributed by atoms with Gasteiger partial charge < -0.3 is 10.6 Å². The second kappa shape index (κ2) is 7.29. The topological polar surface area (TPSA) is 49.8 Å². The predicted octanol–water partition coefficient (Wildman–Crippen LogP) is 4.77. The molecule has 0 saturated heterocycles. The lowest BCUT2D eigenvalue weighted by molar-refractivity contribution is -0.141. The summed E-state index contributed by atoms with van der Waals surface area (Å²) in [5, 5.41) is 6.01. The molecule has 1 aromatic carbocycles. The first kappa shape index (κ1) is 17.5. The van der Waals surface area contributed by atoms with Crippen molar-refractivity contribution in [1.82, 2.24) is 9.97 Å². The number of nitrogens with one attached hydrogen (secondary N) is 2. The Bertz CT molecular complexity index is 725. The number of hydrogen-bond acceptors (Lipinski definition) is 4. The molecular weight excluding hydrogens is 329 g/mol. The first-order valence-electron chi connectivity index (χ1n) is 8.42. The van der Waals surface area contributed by atoms with E-state index < -0.39 is 11.9 Å². The van der Waals surface area contributed by atoms with E-state index in [9.17, 15) is 13.2 Å². The van der Waals surface area contributed by atoms with Crippen LogP contribution in [0.2, 0.25) is 0 Å². The minimum absolute atomic E-state index is 0.0356. The van der Waals surface area contributed by atoms with Crippen LogP contribution in [-0.4, -0.2) is 16.0 Å². The van der Waals surface area contributed by atoms with Gasteiger partial charge in [0.05, 0.1) is 0 Å². The van der Waals surface area contributed by atoms with Gasteiger partial charge in [-0.2, -0.15) is 18.2 Å². The van der Waals surface area contributed by atoms with Crippen molar-refractivity contribution in [2.45, 2.75) is 51.4 Å². The number of anilines is 2. The average molecular weight is 350 g/mol. The molecule has 1 aliphatic carbocycles. The summed E-state index contributed by atoms with van der Waals surface area (Å²) in [5.74, 6) is 0.206. The number of alkyl halides is 3. The van der Waals surface area contributed by atoms with Crippen molar-refractivity contribution < 1.29 is 13.2 Å². The highest BCUT2D eigenvalue weighted by molar-refractivity contribution is 5.44. The summed E-state index contributed by atoms with van der Waals surface area (Å²) in [6, 6.07) is 8.89. The van der Waals surface area contributed by atoms with E-state index in [4.69, 9.17) is 0 Å². The van der Waals surface area contributed by atoms with Crippen LogP contribution in [0, 0.1) is 6.92 Å². The highest BCUT2D eigenvalue weighted by Gasteiger charge is 2.34. The summed E-state index contributed by atoms with van der Waals surface area (Å²) >= 11 is 0. The molecule has 1 saturated carbocycles. The molecule has 0 spiro atoms. The van der Waals surface area contributed by atoms with Crippen LogP contribution in [0.5, 0.6) is 0 Å². The number of aryl methyl sites for hydroxylation is 1. The van der Waals surface area contributed by atoms with E-state index in [0.29, 0.717) is 6.54 Å². The van der Waals surface area contributed by atoms with Gasteiger partial charge in [-0.1, -0.05) is 42.7 Å². The van der Waals surface area contributed by atoms with Crippen LogP contribution < -0.4 is 10.6 Å². The Morgan fingerprint density at radius 3 is 2.56 bits per heavy atom. The Morgan fingerprint density at radius 1 is 1.12 bits per heavy atom. The summed E-state index contributed by atoms with van der Waals surface area (Å²) in [7, 11) is 0. The van der Waals surface area contributed by atoms with E-state index in [1.807, 2.05) is 31.2 Å². The molecule has 1 aliphatic rings. The van der Waals surface area contributed by atoms with Gasteiger partial charge >= 0.3 is 6.18 Å². The molecule has 134 valence electrons. The second-order valence-electron chi connectivity index (χ2n) is 6.43. The first-order valence-corrected chi connectivity index (χ1v) is 8.42. The van der Waals surface area contributed by atoms with Gasteiger partial charge in [-0.3, -0.25) is 0 Å². The lowest BCUT2D eigenvalue weighted by Gasteiger charge is -2.16. The largest absolute Gasteiger partial charge is 0.433 e. The van der Waals surface area contributed by atoms with Crippen molar-refractivity contribution in [1.29, 1.82) is 0 Å². The van der Waals surface area contributed by atoms with Crippen molar-refractivity contribution in [2.24, 2.45) is 0 Å². The van der Waals surface area contributed by atoms with Crippen LogP contribution in [0.15, 0.2) is 30.3 Å². The van der Waals surface area contributed by atoms with Crippen LogP contribution in [0.1, 0.15) is 42.5 Å². The Balaban J connectivity index is 1.78. The van der Waals surface area contributed by atoms with E-state index in [0.717, 1.165) is 42.9 Å². The molecule has 1 aromatic heterocycles. The molecule has 7 heteroatoms. The highest BCUT2D eigenvalue weighted by Crippen LogP contribution is 2.30. The average Bonchev–Trinajstić information content (AvgIpc) is 3.05. The van der Waals surface area contributed by atoms with Crippen molar-refractivity contribution in [3.05, 3.63) is 47.2 Å². The molecule has 2 aromatic rings. The van der Waals surface area contributed by atoms with Crippen LogP contribution >= 0.6 is 0 Å². The first-order chi connectivity index (χ1) is 11.9. The van der Waals surface area contributed by atoms with Gasteiger partial charge in [0.1, 0.15) is 5.82 Å². The molecule has 0 unspecified atom stereocenters. The Kier molecular flexibility index (Phi) is 5.11. The van der Waals surface area contributed by atoms with E-state index in [1.165, 1.54) is 0 Å². The molecule has 0 bridgehead atoms. The fourth-order valence-corrected chi connectivity index (χ4v) is 3.02. The minimum atomic E-state index is -4.51. The molecule has 2 N–H and O–H groups in total. The van der Waals surface area contributed by atoms with Gasteiger partial charge in [-0.05, 0) is 25.3 Å². The maximum Gasteiger partial charge on any atom is 0.433 e. The SMILES string of the molecule is Cc1cccc(CNc2cc(C(F)(F)F)nc(NC3CCCC3)n2)c1. The molecule has 1 heterocycles. The molecule has 0 amide bonds. The van der Waals surface area contributed by atoms with Crippen molar-refractivity contribution in [2.75, 3.05) is 10.6 Å². The summed E-state index contributed by atoms with van der Waals surface area (Å²) < 4.78 is 39.4. The van der Waals surface area contributed by atoms with Gasteiger partial charge in [0.2, 0.25) is 5.95 Å². The number of halogens is 3. The molecule has 1 fully saturated rings.